The zero-order chi connectivity index (χ0) is 18.8. The molecule has 1 unspecified atom stereocenters. The summed E-state index contributed by atoms with van der Waals surface area (Å²) in [7, 11) is 1.53. The fraction of sp³-hybridized carbons (Fsp3) is 0.650. The molecule has 6 nitrogen and oxygen atoms in total. The molecule has 2 aliphatic rings. The number of aromatic nitrogens is 1. The third-order valence-electron chi connectivity index (χ3n) is 5.96. The van der Waals surface area contributed by atoms with Gasteiger partial charge in [0.25, 0.3) is 5.91 Å². The number of fused-ring (bicyclic) bond motifs is 1. The first kappa shape index (κ1) is 18.7. The monoisotopic (exact) mass is 359 g/mol. The highest BCUT2D eigenvalue weighted by molar-refractivity contribution is 5.96. The maximum atomic E-state index is 12.8. The first-order valence-corrected chi connectivity index (χ1v) is 9.46. The molecule has 0 saturated carbocycles. The van der Waals surface area contributed by atoms with Gasteiger partial charge < -0.3 is 14.5 Å². The Balaban J connectivity index is 1.58. The maximum Gasteiger partial charge on any atom is 0.259 e. The quantitative estimate of drug-likeness (QED) is 0.809. The second-order valence-corrected chi connectivity index (χ2v) is 8.01. The third kappa shape index (κ3) is 3.69. The predicted molar refractivity (Wildman–Crippen MR) is 98.9 cm³/mol. The second kappa shape index (κ2) is 7.64. The largest absolute Gasteiger partial charge is 0.480 e. The predicted octanol–water partition coefficient (Wildman–Crippen LogP) is 2.30. The molecule has 2 fully saturated rings. The van der Waals surface area contributed by atoms with Crippen LogP contribution in [0.5, 0.6) is 5.88 Å². The van der Waals surface area contributed by atoms with E-state index >= 15 is 0 Å². The molecule has 1 aromatic heterocycles. The molecule has 0 N–H and O–H groups in total. The standard InChI is InChI=1S/C20H29N3O3/c1-13(2)14(3)8-18(24)22-9-15-11-23(12-16(15)10-22)20(25)17-6-5-7-21-19(17)26-4/h5-7,13-16H,8-12H2,1-4H3/t14?,15-,16+. The van der Waals surface area contributed by atoms with Crippen LogP contribution >= 0.6 is 0 Å². The van der Waals surface area contributed by atoms with Crippen molar-refractivity contribution in [1.29, 1.82) is 0 Å². The van der Waals surface area contributed by atoms with Gasteiger partial charge in [-0.05, 0) is 24.0 Å². The van der Waals surface area contributed by atoms with Crippen LogP contribution in [-0.2, 0) is 4.79 Å². The van der Waals surface area contributed by atoms with E-state index in [1.807, 2.05) is 9.80 Å². The van der Waals surface area contributed by atoms with Gasteiger partial charge in [0, 0.05) is 50.6 Å². The van der Waals surface area contributed by atoms with E-state index in [4.69, 9.17) is 4.74 Å². The molecule has 2 amide bonds. The SMILES string of the molecule is COc1ncccc1C(=O)N1C[C@H]2CN(C(=O)CC(C)C(C)C)C[C@H]2C1. The molecular weight excluding hydrogens is 330 g/mol. The number of ether oxygens (including phenoxy) is 1. The first-order chi connectivity index (χ1) is 12.4. The van der Waals surface area contributed by atoms with Gasteiger partial charge in [-0.2, -0.15) is 0 Å². The highest BCUT2D eigenvalue weighted by Gasteiger charge is 2.43. The molecule has 0 radical (unpaired) electrons. The van der Waals surface area contributed by atoms with Crippen LogP contribution in [0.1, 0.15) is 37.6 Å². The van der Waals surface area contributed by atoms with Gasteiger partial charge >= 0.3 is 0 Å². The lowest BCUT2D eigenvalue weighted by Crippen LogP contribution is -2.36. The summed E-state index contributed by atoms with van der Waals surface area (Å²) in [5.74, 6) is 2.26. The van der Waals surface area contributed by atoms with E-state index in [0.29, 0.717) is 54.6 Å². The van der Waals surface area contributed by atoms with Crippen LogP contribution in [-0.4, -0.2) is 59.9 Å². The van der Waals surface area contributed by atoms with Gasteiger partial charge in [0.05, 0.1) is 7.11 Å². The summed E-state index contributed by atoms with van der Waals surface area (Å²) >= 11 is 0. The van der Waals surface area contributed by atoms with E-state index in [9.17, 15) is 9.59 Å². The van der Waals surface area contributed by atoms with Crippen LogP contribution in [0, 0.1) is 23.7 Å². The van der Waals surface area contributed by atoms with E-state index in [-0.39, 0.29) is 11.8 Å². The number of hydrogen-bond donors (Lipinski definition) is 0. The smallest absolute Gasteiger partial charge is 0.259 e. The van der Waals surface area contributed by atoms with Gasteiger partial charge in [-0.1, -0.05) is 20.8 Å². The first-order valence-electron chi connectivity index (χ1n) is 9.46. The number of hydrogen-bond acceptors (Lipinski definition) is 4. The number of nitrogens with zero attached hydrogens (tertiary/aromatic N) is 3. The lowest BCUT2D eigenvalue weighted by Gasteiger charge is -2.24. The number of amides is 2. The number of rotatable bonds is 5. The normalized spacial score (nSPS) is 23.3. The van der Waals surface area contributed by atoms with Crippen molar-refractivity contribution in [1.82, 2.24) is 14.8 Å². The minimum absolute atomic E-state index is 0.0318. The summed E-state index contributed by atoms with van der Waals surface area (Å²) in [4.78, 5) is 33.4. The van der Waals surface area contributed by atoms with Crippen LogP contribution in [0.4, 0.5) is 0 Å². The summed E-state index contributed by atoms with van der Waals surface area (Å²) in [6.07, 6.45) is 2.24. The molecule has 6 heteroatoms. The summed E-state index contributed by atoms with van der Waals surface area (Å²) < 4.78 is 5.21. The van der Waals surface area contributed by atoms with E-state index in [1.165, 1.54) is 7.11 Å². The molecule has 2 aliphatic heterocycles. The minimum atomic E-state index is -0.0318. The summed E-state index contributed by atoms with van der Waals surface area (Å²) in [5.41, 5.74) is 0.508. The van der Waals surface area contributed by atoms with Crippen molar-refractivity contribution in [2.45, 2.75) is 27.2 Å². The molecule has 0 spiro atoms. The number of likely N-dealkylation sites (tertiary alicyclic amines) is 2. The van der Waals surface area contributed by atoms with Crippen molar-refractivity contribution in [3.05, 3.63) is 23.9 Å². The highest BCUT2D eigenvalue weighted by atomic mass is 16.5. The average Bonchev–Trinajstić information content (AvgIpc) is 3.20. The Bertz CT molecular complexity index is 662. The maximum absolute atomic E-state index is 12.8. The van der Waals surface area contributed by atoms with E-state index in [0.717, 1.165) is 13.1 Å². The molecule has 2 saturated heterocycles. The number of pyridine rings is 1. The molecule has 142 valence electrons. The van der Waals surface area contributed by atoms with Crippen molar-refractivity contribution in [2.75, 3.05) is 33.3 Å². The molecule has 0 aliphatic carbocycles. The van der Waals surface area contributed by atoms with Gasteiger partial charge in [-0.25, -0.2) is 4.98 Å². The van der Waals surface area contributed by atoms with Crippen molar-refractivity contribution >= 4 is 11.8 Å². The Kier molecular flexibility index (Phi) is 5.49. The molecule has 3 rings (SSSR count). The van der Waals surface area contributed by atoms with Gasteiger partial charge in [0.2, 0.25) is 11.8 Å². The molecular formula is C20H29N3O3. The van der Waals surface area contributed by atoms with E-state index < -0.39 is 0 Å². The van der Waals surface area contributed by atoms with Crippen molar-refractivity contribution in [2.24, 2.45) is 23.7 Å². The second-order valence-electron chi connectivity index (χ2n) is 8.01. The number of carbonyl (C=O) groups is 2. The summed E-state index contributed by atoms with van der Waals surface area (Å²) in [6, 6.07) is 3.51. The zero-order valence-corrected chi connectivity index (χ0v) is 16.1. The summed E-state index contributed by atoms with van der Waals surface area (Å²) in [5, 5.41) is 0. The van der Waals surface area contributed by atoms with Crippen LogP contribution in [0.25, 0.3) is 0 Å². The molecule has 1 aromatic rings. The highest BCUT2D eigenvalue weighted by Crippen LogP contribution is 2.33. The van der Waals surface area contributed by atoms with Crippen molar-refractivity contribution in [3.63, 3.8) is 0 Å². The van der Waals surface area contributed by atoms with Crippen LogP contribution in [0.15, 0.2) is 18.3 Å². The van der Waals surface area contributed by atoms with Crippen LogP contribution < -0.4 is 4.74 Å². The topological polar surface area (TPSA) is 62.7 Å². The van der Waals surface area contributed by atoms with Gasteiger partial charge in [0.1, 0.15) is 5.56 Å². The lowest BCUT2D eigenvalue weighted by atomic mass is 9.94. The van der Waals surface area contributed by atoms with E-state index in [2.05, 4.69) is 25.8 Å². The Morgan fingerprint density at radius 3 is 2.35 bits per heavy atom. The molecule has 3 atom stereocenters. The number of carbonyl (C=O) groups excluding carboxylic acids is 2. The molecule has 26 heavy (non-hydrogen) atoms. The van der Waals surface area contributed by atoms with Gasteiger partial charge in [-0.3, -0.25) is 9.59 Å². The number of methoxy groups -OCH3 is 1. The van der Waals surface area contributed by atoms with Crippen molar-refractivity contribution in [3.8, 4) is 5.88 Å². The lowest BCUT2D eigenvalue weighted by molar-refractivity contribution is -0.131. The third-order valence-corrected chi connectivity index (χ3v) is 5.96. The van der Waals surface area contributed by atoms with Gasteiger partial charge in [0.15, 0.2) is 0 Å². The van der Waals surface area contributed by atoms with E-state index in [1.54, 1.807) is 18.3 Å². The molecule has 3 heterocycles. The van der Waals surface area contributed by atoms with Crippen LogP contribution in [0.3, 0.4) is 0 Å². The van der Waals surface area contributed by atoms with Crippen LogP contribution in [0.2, 0.25) is 0 Å². The fourth-order valence-electron chi connectivity index (χ4n) is 3.89. The molecule has 0 aromatic carbocycles. The fourth-order valence-corrected chi connectivity index (χ4v) is 3.89. The van der Waals surface area contributed by atoms with Gasteiger partial charge in [-0.15, -0.1) is 0 Å². The van der Waals surface area contributed by atoms with Crippen molar-refractivity contribution < 1.29 is 14.3 Å². The average molecular weight is 359 g/mol. The Morgan fingerprint density at radius 2 is 1.77 bits per heavy atom. The molecule has 0 bridgehead atoms. The Labute approximate surface area is 155 Å². The minimum Gasteiger partial charge on any atom is -0.480 e. The zero-order valence-electron chi connectivity index (χ0n) is 16.1. The Hall–Kier alpha value is -2.11. The Morgan fingerprint density at radius 1 is 1.15 bits per heavy atom. The summed E-state index contributed by atoms with van der Waals surface area (Å²) in [6.45, 7) is 9.39.